The molecule has 2 rings (SSSR count). The fourth-order valence-electron chi connectivity index (χ4n) is 3.79. The second-order valence-corrected chi connectivity index (χ2v) is 11.2. The zero-order valence-electron chi connectivity index (χ0n) is 21.8. The zero-order chi connectivity index (χ0) is 24.8. The van der Waals surface area contributed by atoms with Gasteiger partial charge in [-0.2, -0.15) is 0 Å². The summed E-state index contributed by atoms with van der Waals surface area (Å²) < 4.78 is 11.5. The summed E-state index contributed by atoms with van der Waals surface area (Å²) in [6, 6.07) is 12.1. The fourth-order valence-corrected chi connectivity index (χ4v) is 4.54. The van der Waals surface area contributed by atoms with Crippen LogP contribution in [0, 0.1) is 18.3 Å². The molecule has 1 atom stereocenters. The average molecular weight is 486 g/mol. The number of carbonyl (C=O) groups excluding carboxylic acids is 1. The van der Waals surface area contributed by atoms with E-state index in [1.165, 1.54) is 4.88 Å². The highest BCUT2D eigenvalue weighted by molar-refractivity contribution is 7.13. The van der Waals surface area contributed by atoms with Crippen LogP contribution < -0.4 is 4.74 Å². The number of rotatable bonds is 16. The Bertz CT molecular complexity index is 870. The smallest absolute Gasteiger partial charge is 0.308 e. The lowest BCUT2D eigenvalue weighted by molar-refractivity contribution is -0.150. The number of thiophene rings is 1. The number of hydrogen-bond donors (Lipinski definition) is 0. The molecule has 0 bridgehead atoms. The lowest BCUT2D eigenvalue weighted by Gasteiger charge is -2.27. The normalized spacial score (nSPS) is 12.7. The van der Waals surface area contributed by atoms with E-state index in [0.717, 1.165) is 67.7 Å². The van der Waals surface area contributed by atoms with Crippen molar-refractivity contribution in [2.45, 2.75) is 86.0 Å². The van der Waals surface area contributed by atoms with Crippen LogP contribution in [0.2, 0.25) is 0 Å². The van der Waals surface area contributed by atoms with Crippen molar-refractivity contribution >= 4 is 29.2 Å². The lowest BCUT2D eigenvalue weighted by atomic mass is 9.79. The Morgan fingerprint density at radius 1 is 1.03 bits per heavy atom. The first kappa shape index (κ1) is 28.1. The Morgan fingerprint density at radius 3 is 2.35 bits per heavy atom. The first-order valence-corrected chi connectivity index (χ1v) is 13.6. The number of nitrogens with zero attached hydrogens (tertiary/aromatic N) is 1. The molecule has 0 N–H and O–H groups in total. The minimum absolute atomic E-state index is 0.00927. The number of aliphatic imine (C=N–C) groups is 1. The predicted octanol–water partition coefficient (Wildman–Crippen LogP) is 8.53. The molecule has 4 nitrogen and oxygen atoms in total. The highest BCUT2D eigenvalue weighted by atomic mass is 32.1. The van der Waals surface area contributed by atoms with Crippen LogP contribution in [0.4, 0.5) is 5.69 Å². The zero-order valence-corrected chi connectivity index (χ0v) is 22.6. The van der Waals surface area contributed by atoms with E-state index in [2.05, 4.69) is 51.7 Å². The summed E-state index contributed by atoms with van der Waals surface area (Å²) in [5.74, 6) is 0.895. The van der Waals surface area contributed by atoms with Gasteiger partial charge in [0.2, 0.25) is 0 Å². The number of esters is 1. The molecule has 0 saturated carbocycles. The van der Waals surface area contributed by atoms with Crippen LogP contribution in [-0.2, 0) is 9.53 Å². The summed E-state index contributed by atoms with van der Waals surface area (Å²) >= 11 is 1.74. The maximum absolute atomic E-state index is 12.5. The SMILES string of the molecule is CCCC(CC(C)(C)CC)C(=O)OCCCCCCOc1ccc(N=Cc2ccc(C)s2)cc1. The van der Waals surface area contributed by atoms with Crippen LogP contribution in [-0.4, -0.2) is 25.4 Å². The van der Waals surface area contributed by atoms with Gasteiger partial charge in [-0.15, -0.1) is 11.3 Å². The molecule has 1 heterocycles. The second kappa shape index (κ2) is 15.0. The Balaban J connectivity index is 1.57. The molecule has 0 aliphatic heterocycles. The third-order valence-electron chi connectivity index (χ3n) is 6.22. The number of unbranched alkanes of at least 4 members (excludes halogenated alkanes) is 3. The third kappa shape index (κ3) is 10.9. The van der Waals surface area contributed by atoms with Gasteiger partial charge in [0.05, 0.1) is 24.8 Å². The predicted molar refractivity (Wildman–Crippen MR) is 145 cm³/mol. The third-order valence-corrected chi connectivity index (χ3v) is 7.15. The monoisotopic (exact) mass is 485 g/mol. The molecule has 0 spiro atoms. The topological polar surface area (TPSA) is 47.9 Å². The quantitative estimate of drug-likeness (QED) is 0.136. The van der Waals surface area contributed by atoms with E-state index in [1.807, 2.05) is 30.5 Å². The molecular weight excluding hydrogens is 442 g/mol. The Morgan fingerprint density at radius 2 is 1.74 bits per heavy atom. The summed E-state index contributed by atoms with van der Waals surface area (Å²) in [6.45, 7) is 12.1. The van der Waals surface area contributed by atoms with Crippen molar-refractivity contribution < 1.29 is 14.3 Å². The van der Waals surface area contributed by atoms with E-state index in [1.54, 1.807) is 11.3 Å². The van der Waals surface area contributed by atoms with Crippen molar-refractivity contribution in [1.82, 2.24) is 0 Å². The fraction of sp³-hybridized carbons (Fsp3) is 0.586. The van der Waals surface area contributed by atoms with E-state index in [9.17, 15) is 4.79 Å². The van der Waals surface area contributed by atoms with Crippen molar-refractivity contribution in [2.24, 2.45) is 16.3 Å². The molecular formula is C29H43NO3S. The summed E-state index contributed by atoms with van der Waals surface area (Å²) in [6.07, 6.45) is 9.86. The molecule has 2 aromatic rings. The first-order chi connectivity index (χ1) is 16.3. The van der Waals surface area contributed by atoms with Crippen LogP contribution in [0.25, 0.3) is 0 Å². The van der Waals surface area contributed by atoms with Crippen molar-refractivity contribution in [3.63, 3.8) is 0 Å². The maximum Gasteiger partial charge on any atom is 0.308 e. The van der Waals surface area contributed by atoms with Gasteiger partial charge >= 0.3 is 5.97 Å². The molecule has 34 heavy (non-hydrogen) atoms. The van der Waals surface area contributed by atoms with Gasteiger partial charge in [0.1, 0.15) is 5.75 Å². The second-order valence-electron chi connectivity index (χ2n) is 9.84. The minimum atomic E-state index is -0.00927. The minimum Gasteiger partial charge on any atom is -0.494 e. The van der Waals surface area contributed by atoms with E-state index < -0.39 is 0 Å². The summed E-state index contributed by atoms with van der Waals surface area (Å²) in [4.78, 5) is 19.5. The first-order valence-electron chi connectivity index (χ1n) is 12.8. The van der Waals surface area contributed by atoms with E-state index >= 15 is 0 Å². The number of benzene rings is 1. The lowest BCUT2D eigenvalue weighted by Crippen LogP contribution is -2.25. The van der Waals surface area contributed by atoms with Crippen molar-refractivity contribution in [3.05, 3.63) is 46.2 Å². The van der Waals surface area contributed by atoms with Crippen molar-refractivity contribution in [1.29, 1.82) is 0 Å². The van der Waals surface area contributed by atoms with Crippen LogP contribution in [0.15, 0.2) is 41.4 Å². The van der Waals surface area contributed by atoms with Crippen LogP contribution >= 0.6 is 11.3 Å². The van der Waals surface area contributed by atoms with Crippen molar-refractivity contribution in [3.8, 4) is 5.75 Å². The standard InChI is InChI=1S/C29H43NO3S/c1-6-12-24(21-29(4,5)7-2)28(31)33-20-11-9-8-10-19-32-26-16-14-25(15-17-26)30-22-27-18-13-23(3)34-27/h13-18,22,24H,6-12,19-21H2,1-5H3. The van der Waals surface area contributed by atoms with E-state index in [0.29, 0.717) is 13.2 Å². The number of ether oxygens (including phenoxy) is 2. The van der Waals surface area contributed by atoms with Gasteiger partial charge in [0, 0.05) is 16.0 Å². The summed E-state index contributed by atoms with van der Waals surface area (Å²) in [7, 11) is 0. The molecule has 1 aromatic heterocycles. The Hall–Kier alpha value is -2.14. The van der Waals surface area contributed by atoms with Gasteiger partial charge in [-0.25, -0.2) is 0 Å². The van der Waals surface area contributed by atoms with E-state index in [-0.39, 0.29) is 17.3 Å². The van der Waals surface area contributed by atoms with Gasteiger partial charge in [-0.05, 0) is 87.3 Å². The molecule has 1 unspecified atom stereocenters. The molecule has 0 amide bonds. The van der Waals surface area contributed by atoms with Gasteiger partial charge < -0.3 is 9.47 Å². The summed E-state index contributed by atoms with van der Waals surface area (Å²) in [5, 5.41) is 0. The number of aryl methyl sites for hydroxylation is 1. The van der Waals surface area contributed by atoms with Crippen LogP contribution in [0.1, 0.15) is 88.8 Å². The van der Waals surface area contributed by atoms with Crippen molar-refractivity contribution in [2.75, 3.05) is 13.2 Å². The van der Waals surface area contributed by atoms with Gasteiger partial charge in [0.25, 0.3) is 0 Å². The molecule has 0 fully saturated rings. The van der Waals surface area contributed by atoms with Gasteiger partial charge in [0.15, 0.2) is 0 Å². The number of hydrogen-bond acceptors (Lipinski definition) is 5. The molecule has 5 heteroatoms. The maximum atomic E-state index is 12.5. The molecule has 1 aromatic carbocycles. The van der Waals surface area contributed by atoms with Gasteiger partial charge in [-0.3, -0.25) is 9.79 Å². The molecule has 188 valence electrons. The van der Waals surface area contributed by atoms with Gasteiger partial charge in [-0.1, -0.05) is 40.5 Å². The molecule has 0 saturated heterocycles. The van der Waals surface area contributed by atoms with Crippen LogP contribution in [0.5, 0.6) is 5.75 Å². The summed E-state index contributed by atoms with van der Waals surface area (Å²) in [5.41, 5.74) is 1.11. The van der Waals surface area contributed by atoms with E-state index in [4.69, 9.17) is 9.47 Å². The highest BCUT2D eigenvalue weighted by Crippen LogP contribution is 2.31. The average Bonchev–Trinajstić information content (AvgIpc) is 3.24. The van der Waals surface area contributed by atoms with Crippen LogP contribution in [0.3, 0.4) is 0 Å². The molecule has 0 aliphatic rings. The largest absolute Gasteiger partial charge is 0.494 e. The molecule has 0 aliphatic carbocycles. The Kier molecular flexibility index (Phi) is 12.4. The molecule has 0 radical (unpaired) electrons. The Labute approximate surface area is 210 Å². The highest BCUT2D eigenvalue weighted by Gasteiger charge is 2.27. The number of carbonyl (C=O) groups is 1.